The van der Waals surface area contributed by atoms with Crippen molar-refractivity contribution in [1.82, 2.24) is 9.78 Å². The van der Waals surface area contributed by atoms with Gasteiger partial charge >= 0.3 is 0 Å². The lowest BCUT2D eigenvalue weighted by atomic mass is 10.1. The minimum absolute atomic E-state index is 0.364. The molecule has 0 fully saturated rings. The highest BCUT2D eigenvalue weighted by molar-refractivity contribution is 6.34. The van der Waals surface area contributed by atoms with Crippen molar-refractivity contribution in [2.75, 3.05) is 4.90 Å². The third kappa shape index (κ3) is 2.07. The van der Waals surface area contributed by atoms with Crippen LogP contribution in [0.25, 0.3) is 5.69 Å². The average molecular weight is 328 g/mol. The number of rotatable bonds is 2. The Hall–Kier alpha value is -3.72. The third-order valence-corrected chi connectivity index (χ3v) is 4.27. The summed E-state index contributed by atoms with van der Waals surface area (Å²) >= 11 is 0. The largest absolute Gasteiger partial charge is 0.268 e. The van der Waals surface area contributed by atoms with E-state index in [0.29, 0.717) is 33.8 Å². The van der Waals surface area contributed by atoms with Crippen LogP contribution in [0.1, 0.15) is 32.0 Å². The summed E-state index contributed by atoms with van der Waals surface area (Å²) in [6, 6.07) is 15.9. The van der Waals surface area contributed by atoms with Crippen molar-refractivity contribution >= 4 is 17.5 Å². The summed E-state index contributed by atoms with van der Waals surface area (Å²) in [5, 5.41) is 13.6. The van der Waals surface area contributed by atoms with E-state index < -0.39 is 0 Å². The van der Waals surface area contributed by atoms with Crippen LogP contribution in [0.2, 0.25) is 0 Å². The molecule has 0 radical (unpaired) electrons. The number of fused-ring (bicyclic) bond motifs is 1. The Bertz CT molecular complexity index is 1040. The molecule has 1 aliphatic heterocycles. The first kappa shape index (κ1) is 14.8. The van der Waals surface area contributed by atoms with Gasteiger partial charge < -0.3 is 0 Å². The Kier molecular flexibility index (Phi) is 3.22. The number of carbonyl (C=O) groups is 2. The first-order valence-corrected chi connectivity index (χ1v) is 7.65. The van der Waals surface area contributed by atoms with Gasteiger partial charge in [0.25, 0.3) is 11.8 Å². The fourth-order valence-corrected chi connectivity index (χ4v) is 3.02. The number of carbonyl (C=O) groups excluding carboxylic acids is 2. The summed E-state index contributed by atoms with van der Waals surface area (Å²) in [6.07, 6.45) is 1.48. The molecule has 1 aliphatic rings. The molecule has 6 nitrogen and oxygen atoms in total. The highest BCUT2D eigenvalue weighted by Gasteiger charge is 2.38. The van der Waals surface area contributed by atoms with E-state index in [1.54, 1.807) is 60.1 Å². The number of hydrogen-bond acceptors (Lipinski definition) is 4. The molecular weight excluding hydrogens is 316 g/mol. The molecule has 0 bridgehead atoms. The maximum absolute atomic E-state index is 12.6. The fourth-order valence-electron chi connectivity index (χ4n) is 3.02. The molecule has 0 unspecified atom stereocenters. The molecule has 120 valence electrons. The minimum atomic E-state index is -0.364. The van der Waals surface area contributed by atoms with E-state index >= 15 is 0 Å². The molecule has 1 aromatic heterocycles. The zero-order valence-electron chi connectivity index (χ0n) is 13.3. The second-order valence-electron chi connectivity index (χ2n) is 5.65. The van der Waals surface area contributed by atoms with E-state index in [0.717, 1.165) is 4.90 Å². The number of benzene rings is 2. The quantitative estimate of drug-likeness (QED) is 0.678. The van der Waals surface area contributed by atoms with Crippen molar-refractivity contribution in [3.63, 3.8) is 0 Å². The van der Waals surface area contributed by atoms with Crippen LogP contribution in [-0.4, -0.2) is 21.6 Å². The van der Waals surface area contributed by atoms with Gasteiger partial charge in [-0.25, -0.2) is 9.58 Å². The predicted octanol–water partition coefficient (Wildman–Crippen LogP) is 2.85. The first-order valence-electron chi connectivity index (χ1n) is 7.65. The molecule has 2 amide bonds. The van der Waals surface area contributed by atoms with E-state index in [1.807, 2.05) is 0 Å². The molecule has 3 aromatic rings. The number of aromatic nitrogens is 2. The Morgan fingerprint density at radius 3 is 2.16 bits per heavy atom. The molecule has 0 spiro atoms. The number of amides is 2. The monoisotopic (exact) mass is 328 g/mol. The van der Waals surface area contributed by atoms with Gasteiger partial charge in [-0.3, -0.25) is 9.59 Å². The summed E-state index contributed by atoms with van der Waals surface area (Å²) in [4.78, 5) is 26.4. The molecule has 0 saturated heterocycles. The van der Waals surface area contributed by atoms with Crippen LogP contribution < -0.4 is 4.90 Å². The summed E-state index contributed by atoms with van der Waals surface area (Å²) in [5.74, 6) is -0.728. The van der Waals surface area contributed by atoms with Crippen molar-refractivity contribution in [3.05, 3.63) is 77.1 Å². The predicted molar refractivity (Wildman–Crippen MR) is 90.6 cm³/mol. The fraction of sp³-hybridized carbons (Fsp3) is 0.0526. The second-order valence-corrected chi connectivity index (χ2v) is 5.65. The molecule has 0 aliphatic carbocycles. The number of anilines is 1. The number of para-hydroxylation sites is 1. The van der Waals surface area contributed by atoms with Gasteiger partial charge in [0, 0.05) is 0 Å². The molecule has 6 heteroatoms. The van der Waals surface area contributed by atoms with Gasteiger partial charge in [-0.1, -0.05) is 24.3 Å². The maximum atomic E-state index is 12.6. The third-order valence-electron chi connectivity index (χ3n) is 4.27. The summed E-state index contributed by atoms with van der Waals surface area (Å²) < 4.78 is 1.57. The van der Waals surface area contributed by atoms with E-state index in [-0.39, 0.29) is 11.8 Å². The van der Waals surface area contributed by atoms with Crippen LogP contribution in [-0.2, 0) is 0 Å². The van der Waals surface area contributed by atoms with E-state index in [9.17, 15) is 14.9 Å². The van der Waals surface area contributed by atoms with Crippen LogP contribution in [0.15, 0.2) is 54.7 Å². The number of nitrogens with zero attached hydrogens (tertiary/aromatic N) is 4. The van der Waals surface area contributed by atoms with Gasteiger partial charge in [0.2, 0.25) is 0 Å². The SMILES string of the molecule is Cc1c(N2C(=O)c3ccccc3C2=O)cnn1-c1ccccc1C#N. The van der Waals surface area contributed by atoms with E-state index in [4.69, 9.17) is 0 Å². The highest BCUT2D eigenvalue weighted by atomic mass is 16.2. The Morgan fingerprint density at radius 1 is 0.920 bits per heavy atom. The Balaban J connectivity index is 1.83. The van der Waals surface area contributed by atoms with Gasteiger partial charge in [0.1, 0.15) is 6.07 Å². The van der Waals surface area contributed by atoms with Crippen molar-refractivity contribution in [2.45, 2.75) is 6.92 Å². The van der Waals surface area contributed by atoms with Crippen molar-refractivity contribution in [1.29, 1.82) is 5.26 Å². The molecule has 0 atom stereocenters. The summed E-state index contributed by atoms with van der Waals surface area (Å²) in [7, 11) is 0. The molecule has 0 N–H and O–H groups in total. The number of nitriles is 1. The van der Waals surface area contributed by atoms with Crippen LogP contribution in [0.3, 0.4) is 0 Å². The molecule has 0 saturated carbocycles. The van der Waals surface area contributed by atoms with Crippen LogP contribution in [0.4, 0.5) is 5.69 Å². The number of hydrogen-bond donors (Lipinski definition) is 0. The molecule has 25 heavy (non-hydrogen) atoms. The lowest BCUT2D eigenvalue weighted by Gasteiger charge is -2.13. The van der Waals surface area contributed by atoms with Crippen LogP contribution in [0.5, 0.6) is 0 Å². The Morgan fingerprint density at radius 2 is 1.52 bits per heavy atom. The van der Waals surface area contributed by atoms with Gasteiger partial charge in [-0.05, 0) is 31.2 Å². The minimum Gasteiger partial charge on any atom is -0.268 e. The van der Waals surface area contributed by atoms with Crippen LogP contribution in [0, 0.1) is 18.3 Å². The van der Waals surface area contributed by atoms with E-state index in [1.165, 1.54) is 6.20 Å². The maximum Gasteiger partial charge on any atom is 0.266 e. The van der Waals surface area contributed by atoms with E-state index in [2.05, 4.69) is 11.2 Å². The zero-order valence-corrected chi connectivity index (χ0v) is 13.3. The summed E-state index contributed by atoms with van der Waals surface area (Å²) in [6.45, 7) is 1.76. The van der Waals surface area contributed by atoms with Crippen molar-refractivity contribution < 1.29 is 9.59 Å². The molecule has 2 aromatic carbocycles. The van der Waals surface area contributed by atoms with Crippen LogP contribution >= 0.6 is 0 Å². The standard InChI is InChI=1S/C19H12N4O2/c1-12-17(11-21-23(12)16-9-5-2-6-13(16)10-20)22-18(24)14-7-3-4-8-15(14)19(22)25/h2-9,11H,1H3. The topological polar surface area (TPSA) is 79.0 Å². The first-order chi connectivity index (χ1) is 12.1. The average Bonchev–Trinajstić information content (AvgIpc) is 3.13. The molecule has 4 rings (SSSR count). The smallest absolute Gasteiger partial charge is 0.266 e. The van der Waals surface area contributed by atoms with Gasteiger partial charge in [-0.2, -0.15) is 10.4 Å². The van der Waals surface area contributed by atoms with Crippen molar-refractivity contribution in [2.24, 2.45) is 0 Å². The summed E-state index contributed by atoms with van der Waals surface area (Å²) in [5.41, 5.74) is 2.86. The second kappa shape index (κ2) is 5.42. The van der Waals surface area contributed by atoms with Crippen molar-refractivity contribution in [3.8, 4) is 11.8 Å². The normalized spacial score (nSPS) is 13.0. The lowest BCUT2D eigenvalue weighted by Crippen LogP contribution is -2.29. The zero-order chi connectivity index (χ0) is 17.6. The Labute approximate surface area is 143 Å². The van der Waals surface area contributed by atoms with Gasteiger partial charge in [0.15, 0.2) is 0 Å². The molecule has 2 heterocycles. The van der Waals surface area contributed by atoms with Gasteiger partial charge in [-0.15, -0.1) is 0 Å². The number of imide groups is 1. The lowest BCUT2D eigenvalue weighted by molar-refractivity contribution is 0.0926. The van der Waals surface area contributed by atoms with Gasteiger partial charge in [0.05, 0.1) is 40.0 Å². The highest BCUT2D eigenvalue weighted by Crippen LogP contribution is 2.31. The molecular formula is C19H12N4O2.